The third-order valence-electron chi connectivity index (χ3n) is 7.29. The van der Waals surface area contributed by atoms with Gasteiger partial charge in [0.25, 0.3) is 5.91 Å². The molecule has 38 heavy (non-hydrogen) atoms. The molecule has 1 atom stereocenters. The maximum atomic E-state index is 13.9. The van der Waals surface area contributed by atoms with Gasteiger partial charge >= 0.3 is 6.09 Å². The van der Waals surface area contributed by atoms with Gasteiger partial charge in [-0.05, 0) is 61.9 Å². The van der Waals surface area contributed by atoms with Crippen LogP contribution in [0.2, 0.25) is 5.02 Å². The first-order chi connectivity index (χ1) is 18.5. The van der Waals surface area contributed by atoms with Gasteiger partial charge < -0.3 is 19.5 Å². The lowest BCUT2D eigenvalue weighted by Gasteiger charge is -2.35. The van der Waals surface area contributed by atoms with Gasteiger partial charge in [0.1, 0.15) is 5.69 Å². The molecule has 2 aliphatic rings. The average Bonchev–Trinajstić information content (AvgIpc) is 3.61. The number of aryl methyl sites for hydroxylation is 1. The van der Waals surface area contributed by atoms with E-state index in [1.54, 1.807) is 17.5 Å². The van der Waals surface area contributed by atoms with Crippen LogP contribution < -0.4 is 10.1 Å². The summed E-state index contributed by atoms with van der Waals surface area (Å²) >= 11 is 7.88. The largest absolute Gasteiger partial charge is 0.412 e. The van der Waals surface area contributed by atoms with Gasteiger partial charge in [0, 0.05) is 48.7 Å². The fraction of sp³-hybridized carbons (Fsp3) is 0.345. The molecule has 2 aromatic heterocycles. The normalized spacial score (nSPS) is 17.5. The van der Waals surface area contributed by atoms with E-state index in [0.717, 1.165) is 58.5 Å². The molecule has 9 heteroatoms. The number of para-hydroxylation sites is 1. The predicted octanol–water partition coefficient (Wildman–Crippen LogP) is 6.62. The molecule has 0 unspecified atom stereocenters. The Morgan fingerprint density at radius 2 is 1.97 bits per heavy atom. The number of nitrogens with one attached hydrogen (secondary N) is 1. The van der Waals surface area contributed by atoms with E-state index in [1.807, 2.05) is 65.0 Å². The number of likely N-dealkylation sites (tertiary alicyclic amines) is 1. The monoisotopic (exact) mass is 548 g/mol. The first-order valence-electron chi connectivity index (χ1n) is 13.1. The number of hydrogen-bond acceptors (Lipinski definition) is 5. The van der Waals surface area contributed by atoms with E-state index in [9.17, 15) is 9.59 Å². The number of rotatable bonds is 6. The molecule has 0 radical (unpaired) electrons. The zero-order valence-corrected chi connectivity index (χ0v) is 22.7. The fourth-order valence-electron chi connectivity index (χ4n) is 5.15. The maximum absolute atomic E-state index is 13.9. The van der Waals surface area contributed by atoms with E-state index in [4.69, 9.17) is 21.3 Å². The Morgan fingerprint density at radius 1 is 1.13 bits per heavy atom. The Kier molecular flexibility index (Phi) is 6.84. The number of halogens is 1. The van der Waals surface area contributed by atoms with Crippen LogP contribution in [0, 0.1) is 0 Å². The molecular weight excluding hydrogens is 520 g/mol. The highest BCUT2D eigenvalue weighted by atomic mass is 35.5. The summed E-state index contributed by atoms with van der Waals surface area (Å²) in [4.78, 5) is 34.2. The number of fused-ring (bicyclic) bond motifs is 1. The molecule has 1 N–H and O–H groups in total. The summed E-state index contributed by atoms with van der Waals surface area (Å²) in [5, 5.41) is 5.43. The summed E-state index contributed by atoms with van der Waals surface area (Å²) in [5.74, 6) is 0.873. The molecule has 4 aromatic rings. The zero-order valence-electron chi connectivity index (χ0n) is 21.2. The Labute approximate surface area is 230 Å². The Bertz CT molecular complexity index is 1510. The molecule has 196 valence electrons. The lowest BCUT2D eigenvalue weighted by atomic mass is 10.0. The number of carbonyl (C=O) groups excluding carboxylic acids is 2. The van der Waals surface area contributed by atoms with Crippen molar-refractivity contribution < 1.29 is 14.3 Å². The van der Waals surface area contributed by atoms with Crippen molar-refractivity contribution in [3.8, 4) is 16.2 Å². The van der Waals surface area contributed by atoms with Crippen LogP contribution in [-0.4, -0.2) is 45.6 Å². The SMILES string of the molecule is Cn1cc(OC(=O)NC[C@@H]2CCCCN2C(=O)c2nc(C3CC3)sc2-c2cccc(Cl)c2)c2ccccc21. The molecule has 1 aliphatic carbocycles. The average molecular weight is 549 g/mol. The van der Waals surface area contributed by atoms with Crippen LogP contribution >= 0.6 is 22.9 Å². The number of benzene rings is 2. The maximum Gasteiger partial charge on any atom is 0.412 e. The van der Waals surface area contributed by atoms with Crippen molar-refractivity contribution in [2.45, 2.75) is 44.1 Å². The number of piperidine rings is 1. The van der Waals surface area contributed by atoms with Crippen LogP contribution in [0.3, 0.4) is 0 Å². The van der Waals surface area contributed by atoms with E-state index in [0.29, 0.717) is 35.5 Å². The highest BCUT2D eigenvalue weighted by Gasteiger charge is 2.34. The standard InChI is InChI=1S/C29H29ClN4O3S/c1-33-17-24(22-10-2-3-11-23(22)33)37-29(36)31-16-21-9-4-5-14-34(21)28(35)25-26(19-7-6-8-20(30)15-19)38-27(32-25)18-12-13-18/h2-3,6-8,10-11,15,17-18,21H,4-5,9,12-14,16H2,1H3,(H,31,36)/t21-/m0/s1. The first-order valence-corrected chi connectivity index (χ1v) is 14.2. The smallest absolute Gasteiger partial charge is 0.408 e. The molecule has 2 aromatic carbocycles. The molecular formula is C29H29ClN4O3S. The predicted molar refractivity (Wildman–Crippen MR) is 150 cm³/mol. The number of amides is 2. The second-order valence-corrected chi connectivity index (χ2v) is 11.5. The number of carbonyl (C=O) groups is 2. The lowest BCUT2D eigenvalue weighted by Crippen LogP contribution is -2.50. The molecule has 6 rings (SSSR count). The van der Waals surface area contributed by atoms with E-state index >= 15 is 0 Å². The fourth-order valence-corrected chi connectivity index (χ4v) is 6.56. The third-order valence-corrected chi connectivity index (χ3v) is 8.79. The Hall–Kier alpha value is -3.36. The summed E-state index contributed by atoms with van der Waals surface area (Å²) < 4.78 is 7.58. The molecule has 1 aliphatic heterocycles. The van der Waals surface area contributed by atoms with Crippen LogP contribution in [-0.2, 0) is 7.05 Å². The summed E-state index contributed by atoms with van der Waals surface area (Å²) in [7, 11) is 1.92. The molecule has 0 bridgehead atoms. The first kappa shape index (κ1) is 24.9. The molecule has 2 amide bonds. The minimum atomic E-state index is -0.524. The van der Waals surface area contributed by atoms with Gasteiger partial charge in [-0.3, -0.25) is 4.79 Å². The summed E-state index contributed by atoms with van der Waals surface area (Å²) in [5.41, 5.74) is 2.39. The van der Waals surface area contributed by atoms with Crippen molar-refractivity contribution in [3.05, 3.63) is 70.5 Å². The number of thiazole rings is 1. The van der Waals surface area contributed by atoms with E-state index < -0.39 is 6.09 Å². The zero-order chi connectivity index (χ0) is 26.2. The molecule has 3 heterocycles. The molecule has 7 nitrogen and oxygen atoms in total. The van der Waals surface area contributed by atoms with Crippen molar-refractivity contribution in [1.82, 2.24) is 19.8 Å². The van der Waals surface area contributed by atoms with E-state index in [2.05, 4.69) is 5.32 Å². The van der Waals surface area contributed by atoms with Gasteiger partial charge in [-0.25, -0.2) is 9.78 Å². The van der Waals surface area contributed by atoms with E-state index in [1.165, 1.54) is 0 Å². The summed E-state index contributed by atoms with van der Waals surface area (Å²) in [6.07, 6.45) is 6.25. The van der Waals surface area contributed by atoms with Crippen molar-refractivity contribution in [3.63, 3.8) is 0 Å². The Balaban J connectivity index is 1.19. The Morgan fingerprint density at radius 3 is 2.79 bits per heavy atom. The van der Waals surface area contributed by atoms with Crippen LogP contribution in [0.5, 0.6) is 5.75 Å². The topological polar surface area (TPSA) is 76.5 Å². The molecule has 0 spiro atoms. The number of aromatic nitrogens is 2. The van der Waals surface area contributed by atoms with Gasteiger partial charge in [-0.15, -0.1) is 11.3 Å². The van der Waals surface area contributed by atoms with E-state index in [-0.39, 0.29) is 11.9 Å². The molecule has 2 fully saturated rings. The van der Waals surface area contributed by atoms with Crippen LogP contribution in [0.1, 0.15) is 53.5 Å². The minimum Gasteiger partial charge on any atom is -0.408 e. The van der Waals surface area contributed by atoms with Gasteiger partial charge in [-0.1, -0.05) is 35.9 Å². The summed E-state index contributed by atoms with van der Waals surface area (Å²) in [6, 6.07) is 15.3. The molecule has 1 saturated heterocycles. The number of ether oxygens (including phenoxy) is 1. The van der Waals surface area contributed by atoms with Crippen LogP contribution in [0.4, 0.5) is 4.79 Å². The third kappa shape index (κ3) is 5.02. The number of hydrogen-bond donors (Lipinski definition) is 1. The second kappa shape index (κ2) is 10.4. The van der Waals surface area contributed by atoms with Gasteiger partial charge in [-0.2, -0.15) is 0 Å². The van der Waals surface area contributed by atoms with Crippen molar-refractivity contribution in [2.24, 2.45) is 7.05 Å². The highest BCUT2D eigenvalue weighted by molar-refractivity contribution is 7.15. The van der Waals surface area contributed by atoms with Gasteiger partial charge in [0.15, 0.2) is 5.75 Å². The van der Waals surface area contributed by atoms with Crippen molar-refractivity contribution in [2.75, 3.05) is 13.1 Å². The van der Waals surface area contributed by atoms with Gasteiger partial charge in [0.05, 0.1) is 15.4 Å². The number of nitrogens with zero attached hydrogens (tertiary/aromatic N) is 3. The summed E-state index contributed by atoms with van der Waals surface area (Å²) in [6.45, 7) is 0.955. The van der Waals surface area contributed by atoms with Gasteiger partial charge in [0.2, 0.25) is 0 Å². The molecule has 1 saturated carbocycles. The minimum absolute atomic E-state index is 0.0861. The van der Waals surface area contributed by atoms with Crippen LogP contribution in [0.25, 0.3) is 21.3 Å². The van der Waals surface area contributed by atoms with Crippen LogP contribution in [0.15, 0.2) is 54.7 Å². The lowest BCUT2D eigenvalue weighted by molar-refractivity contribution is 0.0607. The van der Waals surface area contributed by atoms with Crippen molar-refractivity contribution in [1.29, 1.82) is 0 Å². The quantitative estimate of drug-likeness (QED) is 0.294. The van der Waals surface area contributed by atoms with Crippen molar-refractivity contribution >= 4 is 45.8 Å². The second-order valence-electron chi connectivity index (χ2n) is 10.1. The highest BCUT2D eigenvalue weighted by Crippen LogP contribution is 2.45.